The Morgan fingerprint density at radius 1 is 0.354 bits per heavy atom. The van der Waals surface area contributed by atoms with E-state index in [-0.39, 0.29) is 10.8 Å². The third-order valence-electron chi connectivity index (χ3n) is 13.1. The summed E-state index contributed by atoms with van der Waals surface area (Å²) in [6.07, 6.45) is 5.81. The summed E-state index contributed by atoms with van der Waals surface area (Å²) >= 11 is 0. The van der Waals surface area contributed by atoms with Gasteiger partial charge in [0.25, 0.3) is 0 Å². The van der Waals surface area contributed by atoms with Crippen LogP contribution in [0.4, 0.5) is 0 Å². The highest BCUT2D eigenvalue weighted by Crippen LogP contribution is 2.45. The van der Waals surface area contributed by atoms with Crippen LogP contribution in [0.3, 0.4) is 0 Å². The molecule has 0 spiro atoms. The summed E-state index contributed by atoms with van der Waals surface area (Å²) in [5.74, 6) is 0. The van der Waals surface area contributed by atoms with Gasteiger partial charge in [-0.25, -0.2) is 0 Å². The number of rotatable bonds is 6. The maximum Gasteiger partial charge on any atom is 0.0963 e. The van der Waals surface area contributed by atoms with Crippen LogP contribution in [-0.2, 0) is 10.8 Å². The molecular weight excluding hydrogens is 789 g/mol. The molecule has 4 aromatic heterocycles. The van der Waals surface area contributed by atoms with Crippen LogP contribution in [-0.4, -0.2) is 19.5 Å². The van der Waals surface area contributed by atoms with E-state index in [1.165, 1.54) is 54.9 Å². The highest BCUT2D eigenvalue weighted by atomic mass is 15.0. The monoisotopic (exact) mass is 838 g/mol. The van der Waals surface area contributed by atoms with Crippen LogP contribution in [0.5, 0.6) is 0 Å². The van der Waals surface area contributed by atoms with E-state index >= 15 is 0 Å². The smallest absolute Gasteiger partial charge is 0.0963 e. The molecule has 314 valence electrons. The van der Waals surface area contributed by atoms with Gasteiger partial charge < -0.3 is 4.57 Å². The molecule has 7 aromatic carbocycles. The standard InChI is InChI=1S/C61H50N4/c1-60(2,3)45-26-18-39(19-27-45)57-48-15-10-11-16-49(48)58(40-20-28-46(29-21-40)61(4,5)6)51-35-41(22-30-50(51)57)43-23-31-53(63-37-43)54-32-24-44(38-64-54)42-25-33-55-52(36-42)59-56(17-12-34-62-59)65(55)47-13-8-7-9-14-47/h7-38H,1-6H3. The fourth-order valence-corrected chi connectivity index (χ4v) is 9.56. The molecule has 0 fully saturated rings. The zero-order valence-electron chi connectivity index (χ0n) is 37.8. The van der Waals surface area contributed by atoms with Gasteiger partial charge in [-0.3, -0.25) is 15.0 Å². The predicted octanol–water partition coefficient (Wildman–Crippen LogP) is 16.2. The summed E-state index contributed by atoms with van der Waals surface area (Å²) in [6, 6.07) is 63.9. The van der Waals surface area contributed by atoms with Crippen LogP contribution in [0.15, 0.2) is 195 Å². The summed E-state index contributed by atoms with van der Waals surface area (Å²) in [7, 11) is 0. The molecule has 11 aromatic rings. The van der Waals surface area contributed by atoms with Crippen molar-refractivity contribution in [3.05, 3.63) is 206 Å². The van der Waals surface area contributed by atoms with Gasteiger partial charge in [0.05, 0.1) is 27.9 Å². The first kappa shape index (κ1) is 40.1. The average molecular weight is 839 g/mol. The van der Waals surface area contributed by atoms with Crippen LogP contribution < -0.4 is 0 Å². The Morgan fingerprint density at radius 2 is 0.831 bits per heavy atom. The first-order chi connectivity index (χ1) is 31.5. The Balaban J connectivity index is 0.966. The van der Waals surface area contributed by atoms with Gasteiger partial charge in [0.15, 0.2) is 0 Å². The fourth-order valence-electron chi connectivity index (χ4n) is 9.56. The molecule has 11 rings (SSSR count). The maximum atomic E-state index is 5.00. The molecule has 0 saturated heterocycles. The van der Waals surface area contributed by atoms with Gasteiger partial charge in [-0.05, 0) is 131 Å². The molecular formula is C61H50N4. The molecule has 0 unspecified atom stereocenters. The third-order valence-corrected chi connectivity index (χ3v) is 13.1. The van der Waals surface area contributed by atoms with E-state index < -0.39 is 0 Å². The minimum absolute atomic E-state index is 0.0645. The quantitative estimate of drug-likeness (QED) is 0.157. The first-order valence-electron chi connectivity index (χ1n) is 22.6. The zero-order valence-corrected chi connectivity index (χ0v) is 37.8. The largest absolute Gasteiger partial charge is 0.308 e. The number of fused-ring (bicyclic) bond motifs is 5. The molecule has 0 aliphatic heterocycles. The van der Waals surface area contributed by atoms with E-state index in [0.29, 0.717) is 0 Å². The summed E-state index contributed by atoms with van der Waals surface area (Å²) in [5, 5.41) is 6.07. The Hall–Kier alpha value is -7.69. The van der Waals surface area contributed by atoms with Gasteiger partial charge >= 0.3 is 0 Å². The van der Waals surface area contributed by atoms with Gasteiger partial charge in [-0.2, -0.15) is 0 Å². The fraction of sp³-hybridized carbons (Fsp3) is 0.131. The molecule has 0 atom stereocenters. The van der Waals surface area contributed by atoms with Gasteiger partial charge in [0.1, 0.15) is 0 Å². The van der Waals surface area contributed by atoms with Crippen molar-refractivity contribution in [2.75, 3.05) is 0 Å². The Morgan fingerprint density at radius 3 is 1.37 bits per heavy atom. The van der Waals surface area contributed by atoms with Crippen LogP contribution in [0.2, 0.25) is 0 Å². The molecule has 0 bridgehead atoms. The Labute approximate surface area is 380 Å². The lowest BCUT2D eigenvalue weighted by molar-refractivity contribution is 0.590. The minimum Gasteiger partial charge on any atom is -0.308 e. The van der Waals surface area contributed by atoms with Crippen molar-refractivity contribution in [2.45, 2.75) is 52.4 Å². The van der Waals surface area contributed by atoms with Crippen molar-refractivity contribution in [2.24, 2.45) is 0 Å². The van der Waals surface area contributed by atoms with Crippen molar-refractivity contribution >= 4 is 43.5 Å². The molecule has 0 aliphatic carbocycles. The Kier molecular flexibility index (Phi) is 9.58. The number of hydrogen-bond acceptors (Lipinski definition) is 3. The second kappa shape index (κ2) is 15.5. The van der Waals surface area contributed by atoms with Crippen LogP contribution in [0, 0.1) is 0 Å². The lowest BCUT2D eigenvalue weighted by Crippen LogP contribution is -2.10. The lowest BCUT2D eigenvalue weighted by Gasteiger charge is -2.22. The van der Waals surface area contributed by atoms with Crippen LogP contribution in [0.1, 0.15) is 52.7 Å². The normalized spacial score (nSPS) is 12.2. The van der Waals surface area contributed by atoms with Gasteiger partial charge in [-0.1, -0.05) is 163 Å². The molecule has 0 radical (unpaired) electrons. The third kappa shape index (κ3) is 7.16. The SMILES string of the molecule is CC(C)(C)c1ccc(-c2c3ccccc3c(-c3ccc(C(C)(C)C)cc3)c3cc(-c4ccc(-c5ccc(-c6ccc7c(c6)c6ncccc6n7-c6ccccc6)cn5)nc4)ccc23)cc1. The summed E-state index contributed by atoms with van der Waals surface area (Å²) in [4.78, 5) is 14.7. The number of benzene rings is 7. The van der Waals surface area contributed by atoms with Gasteiger partial charge in [-0.15, -0.1) is 0 Å². The number of pyridine rings is 3. The maximum absolute atomic E-state index is 5.00. The van der Waals surface area contributed by atoms with E-state index in [1.807, 2.05) is 30.7 Å². The topological polar surface area (TPSA) is 43.6 Å². The van der Waals surface area contributed by atoms with Gasteiger partial charge in [0.2, 0.25) is 0 Å². The minimum atomic E-state index is 0.0645. The van der Waals surface area contributed by atoms with Crippen molar-refractivity contribution in [1.29, 1.82) is 0 Å². The molecule has 4 heterocycles. The molecule has 4 nitrogen and oxygen atoms in total. The first-order valence-corrected chi connectivity index (χ1v) is 22.6. The Bertz CT molecular complexity index is 3550. The summed E-state index contributed by atoms with van der Waals surface area (Å²) in [5.41, 5.74) is 18.0. The summed E-state index contributed by atoms with van der Waals surface area (Å²) < 4.78 is 2.28. The van der Waals surface area contributed by atoms with Crippen molar-refractivity contribution in [1.82, 2.24) is 19.5 Å². The van der Waals surface area contributed by atoms with E-state index in [4.69, 9.17) is 15.0 Å². The molecule has 4 heteroatoms. The zero-order chi connectivity index (χ0) is 44.5. The number of para-hydroxylation sites is 1. The van der Waals surface area contributed by atoms with Crippen LogP contribution in [0.25, 0.3) is 105 Å². The number of hydrogen-bond donors (Lipinski definition) is 0. The van der Waals surface area contributed by atoms with E-state index in [2.05, 4.69) is 210 Å². The van der Waals surface area contributed by atoms with E-state index in [0.717, 1.165) is 61.3 Å². The number of nitrogens with zero attached hydrogens (tertiary/aromatic N) is 4. The second-order valence-corrected chi connectivity index (χ2v) is 19.3. The average Bonchev–Trinajstić information content (AvgIpc) is 3.67. The molecule has 0 N–H and O–H groups in total. The predicted molar refractivity (Wildman–Crippen MR) is 274 cm³/mol. The van der Waals surface area contributed by atoms with Crippen molar-refractivity contribution in [3.8, 4) is 61.6 Å². The van der Waals surface area contributed by atoms with E-state index in [1.54, 1.807) is 0 Å². The van der Waals surface area contributed by atoms with E-state index in [9.17, 15) is 0 Å². The van der Waals surface area contributed by atoms with Gasteiger partial charge in [0, 0.05) is 40.8 Å². The van der Waals surface area contributed by atoms with Crippen molar-refractivity contribution in [3.63, 3.8) is 0 Å². The molecule has 0 aliphatic rings. The lowest BCUT2D eigenvalue weighted by atomic mass is 9.82. The summed E-state index contributed by atoms with van der Waals surface area (Å²) in [6.45, 7) is 13.6. The highest BCUT2D eigenvalue weighted by molar-refractivity contribution is 6.22. The molecule has 0 amide bonds. The molecule has 65 heavy (non-hydrogen) atoms. The number of aromatic nitrogens is 4. The van der Waals surface area contributed by atoms with Crippen molar-refractivity contribution < 1.29 is 0 Å². The molecule has 0 saturated carbocycles. The second-order valence-electron chi connectivity index (χ2n) is 19.3. The van der Waals surface area contributed by atoms with Crippen LogP contribution >= 0.6 is 0 Å². The highest BCUT2D eigenvalue weighted by Gasteiger charge is 2.21.